The summed E-state index contributed by atoms with van der Waals surface area (Å²) in [5.74, 6) is 0.522. The molecule has 11 nitrogen and oxygen atoms in total. The lowest BCUT2D eigenvalue weighted by atomic mass is 9.68. The fraction of sp³-hybridized carbons (Fsp3) is 0.537. The van der Waals surface area contributed by atoms with Crippen molar-refractivity contribution < 1.29 is 28.0 Å². The fourth-order valence-electron chi connectivity index (χ4n) is 8.78. The number of anilines is 1. The number of allylic oxidation sites excluding steroid dienone is 1. The van der Waals surface area contributed by atoms with Crippen LogP contribution in [0.4, 0.5) is 5.69 Å². The number of fused-ring (bicyclic) bond motifs is 4. The Balaban J connectivity index is 1.17. The highest BCUT2D eigenvalue weighted by Gasteiger charge is 2.44. The smallest absolute Gasteiger partial charge is 0.286 e. The van der Waals surface area contributed by atoms with Crippen LogP contribution in [0.25, 0.3) is 0 Å². The molecule has 0 radical (unpaired) electrons. The SMILES string of the molecule is CO[C@H]1/C=C\C[C@H](C)CS(=O)(NC(=O)c2cn(C)nc2OCC2CC2)=NC(=O)c2ccc3c(c2)N(C[C@@H]2CC[C@H]21)C[C@@]1(CCCc2cc(Cl)ccc21)CO3. The second kappa shape index (κ2) is 15.0. The molecular formula is C41H50ClN5O6S. The second-order valence-electron chi connectivity index (χ2n) is 16.2. The molecule has 6 atom stereocenters. The third-order valence-electron chi connectivity index (χ3n) is 12.0. The predicted molar refractivity (Wildman–Crippen MR) is 209 cm³/mol. The average molecular weight is 776 g/mol. The van der Waals surface area contributed by atoms with Gasteiger partial charge in [0.05, 0.1) is 30.8 Å². The van der Waals surface area contributed by atoms with Crippen LogP contribution in [0.1, 0.15) is 83.7 Å². The summed E-state index contributed by atoms with van der Waals surface area (Å²) in [6.07, 6.45) is 13.5. The van der Waals surface area contributed by atoms with E-state index in [4.69, 9.17) is 25.8 Å². The van der Waals surface area contributed by atoms with E-state index in [1.807, 2.05) is 25.1 Å². The van der Waals surface area contributed by atoms with Crippen LogP contribution >= 0.6 is 11.6 Å². The van der Waals surface area contributed by atoms with Crippen LogP contribution in [-0.4, -0.2) is 71.1 Å². The molecule has 54 heavy (non-hydrogen) atoms. The molecule has 1 spiro atoms. The Bertz CT molecular complexity index is 2090. The number of aromatic nitrogens is 2. The molecule has 288 valence electrons. The molecule has 2 bridgehead atoms. The van der Waals surface area contributed by atoms with Gasteiger partial charge in [-0.15, -0.1) is 9.46 Å². The molecule has 3 heterocycles. The first-order valence-electron chi connectivity index (χ1n) is 19.3. The summed E-state index contributed by atoms with van der Waals surface area (Å²) in [7, 11) is -0.141. The van der Waals surface area contributed by atoms with Crippen LogP contribution in [-0.2, 0) is 33.5 Å². The van der Waals surface area contributed by atoms with Gasteiger partial charge in [-0.1, -0.05) is 36.7 Å². The van der Waals surface area contributed by atoms with Gasteiger partial charge in [-0.3, -0.25) is 19.0 Å². The van der Waals surface area contributed by atoms with Crippen LogP contribution in [0.3, 0.4) is 0 Å². The van der Waals surface area contributed by atoms with Gasteiger partial charge in [0.1, 0.15) is 21.2 Å². The number of ether oxygens (including phenoxy) is 3. The maximum atomic E-state index is 14.8. The Kier molecular flexibility index (Phi) is 10.3. The summed E-state index contributed by atoms with van der Waals surface area (Å²) in [6.45, 7) is 4.39. The number of aryl methyl sites for hydroxylation is 2. The summed E-state index contributed by atoms with van der Waals surface area (Å²) >= 11 is 6.47. The molecule has 2 fully saturated rings. The molecular weight excluding hydrogens is 726 g/mol. The van der Waals surface area contributed by atoms with Gasteiger partial charge < -0.3 is 19.1 Å². The quantitative estimate of drug-likeness (QED) is 0.268. The molecule has 0 saturated heterocycles. The first-order chi connectivity index (χ1) is 26.0. The van der Waals surface area contributed by atoms with E-state index in [0.717, 1.165) is 62.2 Å². The zero-order chi connectivity index (χ0) is 37.6. The maximum Gasteiger partial charge on any atom is 0.286 e. The Morgan fingerprint density at radius 1 is 1.17 bits per heavy atom. The Morgan fingerprint density at radius 3 is 2.80 bits per heavy atom. The summed E-state index contributed by atoms with van der Waals surface area (Å²) in [4.78, 5) is 30.3. The lowest BCUT2D eigenvalue weighted by molar-refractivity contribution is 0.0131. The van der Waals surface area contributed by atoms with E-state index in [9.17, 15) is 13.8 Å². The highest BCUT2D eigenvalue weighted by Crippen LogP contribution is 2.47. The molecule has 1 unspecified atom stereocenters. The summed E-state index contributed by atoms with van der Waals surface area (Å²) in [5, 5.41) is 5.07. The number of methoxy groups -OCH3 is 1. The number of benzene rings is 2. The van der Waals surface area contributed by atoms with Crippen molar-refractivity contribution in [3.05, 3.63) is 82.0 Å². The van der Waals surface area contributed by atoms with E-state index in [1.54, 1.807) is 20.2 Å². The van der Waals surface area contributed by atoms with E-state index < -0.39 is 21.7 Å². The lowest BCUT2D eigenvalue weighted by Crippen LogP contribution is -2.49. The van der Waals surface area contributed by atoms with E-state index in [2.05, 4.69) is 43.4 Å². The standard InChI is InChI=1S/C41H50ClN5O6S/c1-26-6-4-8-36(51-3)32-14-11-30(32)20-47-24-41(17-5-7-28-18-31(42)13-15-34(28)41)25-53-37-16-12-29(19-35(37)47)38(48)44-54(50,23-26)45-39(49)33-21-46(2)43-40(33)52-22-27-9-10-27/h4,8,12-13,15-16,18-19,21,26-27,30,32,36H,5-7,9-11,14,17,20,22-25H2,1-3H3,(H,44,45,48,49,50)/b8-4-/t26-,30-,32+,36-,41-,54?/m0/s1. The number of nitrogens with one attached hydrogen (secondary N) is 1. The minimum Gasteiger partial charge on any atom is -0.490 e. The van der Waals surface area contributed by atoms with E-state index in [0.29, 0.717) is 49.7 Å². The fourth-order valence-corrected chi connectivity index (χ4v) is 10.9. The minimum absolute atomic E-state index is 0.0246. The van der Waals surface area contributed by atoms with Crippen molar-refractivity contribution in [2.24, 2.45) is 35.1 Å². The zero-order valence-electron chi connectivity index (χ0n) is 31.3. The van der Waals surface area contributed by atoms with Crippen molar-refractivity contribution in [2.75, 3.05) is 44.1 Å². The Hall–Kier alpha value is -3.87. The van der Waals surface area contributed by atoms with Gasteiger partial charge in [0.2, 0.25) is 5.88 Å². The number of carbonyl (C=O) groups excluding carboxylic acids is 2. The molecule has 1 aromatic heterocycles. The van der Waals surface area contributed by atoms with E-state index in [-0.39, 0.29) is 40.2 Å². The molecule has 2 amide bonds. The Morgan fingerprint density at radius 2 is 2.02 bits per heavy atom. The zero-order valence-corrected chi connectivity index (χ0v) is 32.9. The van der Waals surface area contributed by atoms with Crippen molar-refractivity contribution in [1.82, 2.24) is 14.5 Å². The highest BCUT2D eigenvalue weighted by atomic mass is 35.5. The van der Waals surface area contributed by atoms with Gasteiger partial charge in [-0.25, -0.2) is 4.21 Å². The van der Waals surface area contributed by atoms with Gasteiger partial charge in [0.15, 0.2) is 0 Å². The maximum absolute atomic E-state index is 14.8. The molecule has 2 saturated carbocycles. The summed E-state index contributed by atoms with van der Waals surface area (Å²) in [6, 6.07) is 11.6. The Labute approximate surface area is 323 Å². The van der Waals surface area contributed by atoms with Crippen LogP contribution in [0.2, 0.25) is 5.02 Å². The van der Waals surface area contributed by atoms with Gasteiger partial charge in [-0.2, -0.15) is 0 Å². The predicted octanol–water partition coefficient (Wildman–Crippen LogP) is 6.93. The highest BCUT2D eigenvalue weighted by molar-refractivity contribution is 7.92. The normalized spacial score (nSPS) is 30.1. The van der Waals surface area contributed by atoms with E-state index >= 15 is 0 Å². The third kappa shape index (κ3) is 7.66. The molecule has 3 aromatic rings. The van der Waals surface area contributed by atoms with Crippen LogP contribution in [0.5, 0.6) is 11.6 Å². The van der Waals surface area contributed by atoms with E-state index in [1.165, 1.54) is 22.0 Å². The third-order valence-corrected chi connectivity index (χ3v) is 14.2. The number of hydrogen-bond acceptors (Lipinski definition) is 8. The number of rotatable bonds is 6. The molecule has 2 aliphatic heterocycles. The molecule has 5 aliphatic rings. The van der Waals surface area contributed by atoms with Gasteiger partial charge in [0.25, 0.3) is 11.8 Å². The molecule has 3 aliphatic carbocycles. The van der Waals surface area contributed by atoms with Crippen molar-refractivity contribution >= 4 is 39.0 Å². The monoisotopic (exact) mass is 775 g/mol. The molecule has 8 rings (SSSR count). The lowest BCUT2D eigenvalue weighted by Gasteiger charge is -2.46. The van der Waals surface area contributed by atoms with Crippen molar-refractivity contribution in [3.63, 3.8) is 0 Å². The number of nitrogens with zero attached hydrogens (tertiary/aromatic N) is 4. The van der Waals surface area contributed by atoms with Crippen molar-refractivity contribution in [2.45, 2.75) is 69.8 Å². The van der Waals surface area contributed by atoms with Gasteiger partial charge >= 0.3 is 0 Å². The topological polar surface area (TPSA) is 124 Å². The van der Waals surface area contributed by atoms with Crippen LogP contribution in [0, 0.1) is 23.7 Å². The van der Waals surface area contributed by atoms with Crippen LogP contribution in [0.15, 0.2) is 59.1 Å². The number of amides is 2. The van der Waals surface area contributed by atoms with Crippen molar-refractivity contribution in [1.29, 1.82) is 0 Å². The first-order valence-corrected chi connectivity index (χ1v) is 21.4. The van der Waals surface area contributed by atoms with Gasteiger partial charge in [-0.05, 0) is 116 Å². The average Bonchev–Trinajstić information content (AvgIpc) is 3.90. The molecule has 1 N–H and O–H groups in total. The molecule has 13 heteroatoms. The number of hydrogen-bond donors (Lipinski definition) is 1. The largest absolute Gasteiger partial charge is 0.490 e. The second-order valence-corrected chi connectivity index (χ2v) is 18.6. The number of halogens is 1. The summed E-state index contributed by atoms with van der Waals surface area (Å²) in [5.41, 5.74) is 3.51. The van der Waals surface area contributed by atoms with Gasteiger partial charge in [0, 0.05) is 49.4 Å². The number of carbonyl (C=O) groups is 2. The van der Waals surface area contributed by atoms with Crippen molar-refractivity contribution in [3.8, 4) is 11.6 Å². The molecule has 2 aromatic carbocycles. The summed E-state index contributed by atoms with van der Waals surface area (Å²) < 4.78 is 41.9. The van der Waals surface area contributed by atoms with Crippen LogP contribution < -0.4 is 19.1 Å². The first kappa shape index (κ1) is 37.1. The minimum atomic E-state index is -3.60.